The predicted molar refractivity (Wildman–Crippen MR) is 110 cm³/mol. The summed E-state index contributed by atoms with van der Waals surface area (Å²) < 4.78 is 19.6. The lowest BCUT2D eigenvalue weighted by atomic mass is 9.96. The maximum atomic E-state index is 14.2. The fraction of sp³-hybridized carbons (Fsp3) is 0.190. The van der Waals surface area contributed by atoms with Gasteiger partial charge in [0, 0.05) is 48.4 Å². The van der Waals surface area contributed by atoms with Crippen LogP contribution in [0.2, 0.25) is 0 Å². The molecule has 1 aromatic carbocycles. The van der Waals surface area contributed by atoms with Gasteiger partial charge in [0.2, 0.25) is 5.95 Å². The topological polar surface area (TPSA) is 108 Å². The molecule has 1 fully saturated rings. The minimum Gasteiger partial charge on any atom is -0.398 e. The van der Waals surface area contributed by atoms with E-state index in [1.165, 1.54) is 12.3 Å². The summed E-state index contributed by atoms with van der Waals surface area (Å²) in [5.41, 5.74) is 7.54. The smallest absolute Gasteiger partial charge is 0.202 e. The number of nitrogens with zero attached hydrogens (tertiary/aromatic N) is 2. The molecule has 3 heterocycles. The first-order chi connectivity index (χ1) is 14.0. The van der Waals surface area contributed by atoms with Gasteiger partial charge in [-0.15, -0.1) is 0 Å². The summed E-state index contributed by atoms with van der Waals surface area (Å²) >= 11 is 0. The number of nitrogen functional groups attached to an aromatic ring is 1. The standard InChI is InChI=1S/C21H20FN5O2/c22-21-19(17(28)4-6-26-21)13-1-2-16(23)15(11-13)20(24)14-3-5-25-18(12-14)27-7-9-29-10-8-27/h1-6,11-12,24H,7-10,23H2,(H,26,28). The van der Waals surface area contributed by atoms with E-state index in [-0.39, 0.29) is 11.3 Å². The van der Waals surface area contributed by atoms with Crippen LogP contribution in [0, 0.1) is 11.4 Å². The molecule has 0 atom stereocenters. The SMILES string of the molecule is N=C(c1ccnc(N2CCOCC2)c1)c1cc(-c2c(F)[nH]ccc2=O)ccc1N. The van der Waals surface area contributed by atoms with Crippen LogP contribution in [0.5, 0.6) is 0 Å². The highest BCUT2D eigenvalue weighted by Gasteiger charge is 2.17. The molecule has 4 N–H and O–H groups in total. The molecule has 0 radical (unpaired) electrons. The van der Waals surface area contributed by atoms with E-state index in [9.17, 15) is 9.18 Å². The summed E-state index contributed by atoms with van der Waals surface area (Å²) in [7, 11) is 0. The van der Waals surface area contributed by atoms with Gasteiger partial charge in [-0.3, -0.25) is 10.2 Å². The van der Waals surface area contributed by atoms with Gasteiger partial charge in [-0.1, -0.05) is 6.07 Å². The Kier molecular flexibility index (Phi) is 5.09. The van der Waals surface area contributed by atoms with Crippen LogP contribution in [0.25, 0.3) is 11.1 Å². The molecule has 2 aromatic heterocycles. The lowest BCUT2D eigenvalue weighted by Crippen LogP contribution is -2.36. The molecule has 1 aliphatic rings. The number of hydrogen-bond donors (Lipinski definition) is 3. The number of morpholine rings is 1. The average Bonchev–Trinajstić information content (AvgIpc) is 2.75. The molecule has 3 aromatic rings. The molecule has 4 rings (SSSR count). The average molecular weight is 393 g/mol. The minimum absolute atomic E-state index is 0.0784. The van der Waals surface area contributed by atoms with Gasteiger partial charge in [0.1, 0.15) is 5.82 Å². The molecule has 0 saturated carbocycles. The van der Waals surface area contributed by atoms with E-state index < -0.39 is 11.4 Å². The normalized spacial score (nSPS) is 14.0. The Hall–Kier alpha value is -3.52. The van der Waals surface area contributed by atoms with E-state index in [0.717, 1.165) is 18.9 Å². The summed E-state index contributed by atoms with van der Waals surface area (Å²) in [6.07, 6.45) is 2.90. The number of aromatic nitrogens is 2. The van der Waals surface area contributed by atoms with Crippen molar-refractivity contribution in [3.8, 4) is 11.1 Å². The molecule has 148 valence electrons. The highest BCUT2D eigenvalue weighted by molar-refractivity contribution is 6.14. The number of halogens is 1. The predicted octanol–water partition coefficient (Wildman–Crippen LogP) is 2.41. The zero-order valence-electron chi connectivity index (χ0n) is 15.6. The molecular formula is C21H20FN5O2. The van der Waals surface area contributed by atoms with Crippen molar-refractivity contribution in [3.63, 3.8) is 0 Å². The minimum atomic E-state index is -0.724. The van der Waals surface area contributed by atoms with Crippen molar-refractivity contribution in [1.29, 1.82) is 5.41 Å². The molecular weight excluding hydrogens is 373 g/mol. The van der Waals surface area contributed by atoms with E-state index in [2.05, 4.69) is 14.9 Å². The number of aromatic amines is 1. The quantitative estimate of drug-likeness (QED) is 0.358. The monoisotopic (exact) mass is 393 g/mol. The van der Waals surface area contributed by atoms with Gasteiger partial charge in [0.15, 0.2) is 5.43 Å². The first kappa shape index (κ1) is 18.8. The zero-order valence-corrected chi connectivity index (χ0v) is 15.6. The van der Waals surface area contributed by atoms with Gasteiger partial charge in [-0.25, -0.2) is 4.98 Å². The summed E-state index contributed by atoms with van der Waals surface area (Å²) in [4.78, 5) is 21.0. The van der Waals surface area contributed by atoms with Crippen molar-refractivity contribution in [1.82, 2.24) is 9.97 Å². The number of H-pyrrole nitrogens is 1. The fourth-order valence-corrected chi connectivity index (χ4v) is 3.35. The molecule has 29 heavy (non-hydrogen) atoms. The van der Waals surface area contributed by atoms with Gasteiger partial charge in [-0.2, -0.15) is 4.39 Å². The van der Waals surface area contributed by atoms with Crippen LogP contribution in [0.3, 0.4) is 0 Å². The van der Waals surface area contributed by atoms with Crippen LogP contribution in [0.15, 0.2) is 53.6 Å². The van der Waals surface area contributed by atoms with Crippen LogP contribution < -0.4 is 16.1 Å². The number of hydrogen-bond acceptors (Lipinski definition) is 6. The Morgan fingerprint density at radius 2 is 2.00 bits per heavy atom. The third-order valence-electron chi connectivity index (χ3n) is 4.89. The third-order valence-corrected chi connectivity index (χ3v) is 4.89. The molecule has 1 saturated heterocycles. The fourth-order valence-electron chi connectivity index (χ4n) is 3.35. The number of pyridine rings is 2. The highest BCUT2D eigenvalue weighted by atomic mass is 19.1. The highest BCUT2D eigenvalue weighted by Crippen LogP contribution is 2.26. The number of rotatable bonds is 4. The Morgan fingerprint density at radius 1 is 1.21 bits per heavy atom. The van der Waals surface area contributed by atoms with Gasteiger partial charge in [0.05, 0.1) is 24.5 Å². The first-order valence-corrected chi connectivity index (χ1v) is 9.20. The lowest BCUT2D eigenvalue weighted by Gasteiger charge is -2.28. The summed E-state index contributed by atoms with van der Waals surface area (Å²) in [6, 6.07) is 9.54. The van der Waals surface area contributed by atoms with Crippen LogP contribution in [0.4, 0.5) is 15.9 Å². The third kappa shape index (κ3) is 3.74. The van der Waals surface area contributed by atoms with E-state index >= 15 is 0 Å². The van der Waals surface area contributed by atoms with E-state index in [4.69, 9.17) is 15.9 Å². The number of anilines is 2. The molecule has 0 aliphatic carbocycles. The molecule has 8 heteroatoms. The number of nitrogens with one attached hydrogen (secondary N) is 2. The Morgan fingerprint density at radius 3 is 2.76 bits per heavy atom. The Bertz CT molecular complexity index is 1120. The summed E-state index contributed by atoms with van der Waals surface area (Å²) in [5.74, 6) is 0.0362. The second-order valence-corrected chi connectivity index (χ2v) is 6.71. The van der Waals surface area contributed by atoms with Crippen LogP contribution in [-0.4, -0.2) is 42.0 Å². The second kappa shape index (κ2) is 7.84. The van der Waals surface area contributed by atoms with Crippen molar-refractivity contribution >= 4 is 17.2 Å². The molecule has 0 spiro atoms. The van der Waals surface area contributed by atoms with Crippen molar-refractivity contribution in [3.05, 3.63) is 76.1 Å². The van der Waals surface area contributed by atoms with Crippen molar-refractivity contribution in [2.45, 2.75) is 0 Å². The van der Waals surface area contributed by atoms with Gasteiger partial charge >= 0.3 is 0 Å². The van der Waals surface area contributed by atoms with Crippen molar-refractivity contribution < 1.29 is 9.13 Å². The summed E-state index contributed by atoms with van der Waals surface area (Å²) in [6.45, 7) is 2.74. The van der Waals surface area contributed by atoms with E-state index in [0.29, 0.717) is 35.6 Å². The van der Waals surface area contributed by atoms with Crippen LogP contribution >= 0.6 is 0 Å². The second-order valence-electron chi connectivity index (χ2n) is 6.71. The van der Waals surface area contributed by atoms with Gasteiger partial charge in [0.25, 0.3) is 0 Å². The number of ether oxygens (including phenoxy) is 1. The summed E-state index contributed by atoms with van der Waals surface area (Å²) in [5, 5.41) is 8.66. The lowest BCUT2D eigenvalue weighted by molar-refractivity contribution is 0.122. The molecule has 7 nitrogen and oxygen atoms in total. The zero-order chi connectivity index (χ0) is 20.4. The largest absolute Gasteiger partial charge is 0.398 e. The first-order valence-electron chi connectivity index (χ1n) is 9.20. The van der Waals surface area contributed by atoms with Crippen LogP contribution in [0.1, 0.15) is 11.1 Å². The number of benzene rings is 1. The maximum absolute atomic E-state index is 14.2. The van der Waals surface area contributed by atoms with Crippen molar-refractivity contribution in [2.24, 2.45) is 0 Å². The van der Waals surface area contributed by atoms with E-state index in [1.807, 2.05) is 6.07 Å². The van der Waals surface area contributed by atoms with Crippen LogP contribution in [-0.2, 0) is 4.74 Å². The Labute approximate surface area is 166 Å². The molecule has 0 unspecified atom stereocenters. The number of nitrogens with two attached hydrogens (primary N) is 1. The van der Waals surface area contributed by atoms with Gasteiger partial charge < -0.3 is 20.4 Å². The molecule has 1 aliphatic heterocycles. The molecule has 0 amide bonds. The maximum Gasteiger partial charge on any atom is 0.202 e. The Balaban J connectivity index is 1.72. The van der Waals surface area contributed by atoms with Crippen molar-refractivity contribution in [2.75, 3.05) is 36.9 Å². The van der Waals surface area contributed by atoms with Gasteiger partial charge in [-0.05, 0) is 29.8 Å². The molecule has 0 bridgehead atoms. The van der Waals surface area contributed by atoms with E-state index in [1.54, 1.807) is 30.5 Å².